The summed E-state index contributed by atoms with van der Waals surface area (Å²) < 4.78 is 4.06. The first-order chi connectivity index (χ1) is 7.43. The van der Waals surface area contributed by atoms with Crippen LogP contribution in [0.25, 0.3) is 14.7 Å². The molecular formula is C11H8N3Se+. The van der Waals surface area contributed by atoms with Crippen LogP contribution in [0.3, 0.4) is 0 Å². The van der Waals surface area contributed by atoms with Crippen molar-refractivity contribution in [2.75, 3.05) is 0 Å². The van der Waals surface area contributed by atoms with Crippen molar-refractivity contribution in [3.63, 3.8) is 0 Å². The maximum atomic E-state index is 4.52. The van der Waals surface area contributed by atoms with Crippen molar-refractivity contribution in [1.82, 2.24) is 10.1 Å². The van der Waals surface area contributed by atoms with E-state index in [0.717, 1.165) is 9.09 Å². The summed E-state index contributed by atoms with van der Waals surface area (Å²) >= 11 is 0.225. The number of nitrogens with zero attached hydrogens (tertiary/aromatic N) is 3. The van der Waals surface area contributed by atoms with Crippen LogP contribution >= 0.6 is 0 Å². The average molecular weight is 261 g/mol. The topological polar surface area (TPSA) is 29.9 Å². The van der Waals surface area contributed by atoms with Crippen molar-refractivity contribution in [2.45, 2.75) is 0 Å². The van der Waals surface area contributed by atoms with E-state index < -0.39 is 0 Å². The number of fused-ring (bicyclic) bond motifs is 1. The normalized spacial score (nSPS) is 10.7. The van der Waals surface area contributed by atoms with E-state index in [9.17, 15) is 0 Å². The van der Waals surface area contributed by atoms with E-state index in [1.54, 1.807) is 0 Å². The second-order valence-corrected chi connectivity index (χ2v) is 5.13. The predicted octanol–water partition coefficient (Wildman–Crippen LogP) is 0.939. The third-order valence-electron chi connectivity index (χ3n) is 2.10. The monoisotopic (exact) mass is 262 g/mol. The first-order valence-electron chi connectivity index (χ1n) is 4.62. The minimum atomic E-state index is 0.225. The number of aromatic nitrogens is 3. The summed E-state index contributed by atoms with van der Waals surface area (Å²) in [7, 11) is 0. The van der Waals surface area contributed by atoms with Gasteiger partial charge in [0.25, 0.3) is 0 Å². The Morgan fingerprint density at radius 2 is 1.93 bits per heavy atom. The van der Waals surface area contributed by atoms with Gasteiger partial charge < -0.3 is 0 Å². The van der Waals surface area contributed by atoms with Gasteiger partial charge in [-0.1, -0.05) is 0 Å². The quantitative estimate of drug-likeness (QED) is 0.482. The molecule has 3 nitrogen and oxygen atoms in total. The van der Waals surface area contributed by atoms with E-state index in [1.165, 1.54) is 5.56 Å². The summed E-state index contributed by atoms with van der Waals surface area (Å²) in [6.45, 7) is 0. The molecule has 4 heteroatoms. The maximum absolute atomic E-state index is 4.52. The minimum absolute atomic E-state index is 0.225. The van der Waals surface area contributed by atoms with Crippen molar-refractivity contribution in [3.8, 4) is 10.1 Å². The van der Waals surface area contributed by atoms with Gasteiger partial charge in [0.1, 0.15) is 0 Å². The summed E-state index contributed by atoms with van der Waals surface area (Å²) in [5.41, 5.74) is 1.20. The molecule has 0 saturated carbocycles. The SMILES string of the molecule is c1ccc(-c2n[n+]3cccnc3[se]2)cc1. The van der Waals surface area contributed by atoms with Crippen molar-refractivity contribution < 1.29 is 4.52 Å². The molecular weight excluding hydrogens is 253 g/mol. The molecule has 3 aromatic rings. The molecule has 0 radical (unpaired) electrons. The molecule has 2 heterocycles. The Hall–Kier alpha value is -1.51. The van der Waals surface area contributed by atoms with Crippen LogP contribution in [0.2, 0.25) is 0 Å². The number of hydrogen-bond acceptors (Lipinski definition) is 2. The number of rotatable bonds is 1. The van der Waals surface area contributed by atoms with Crippen LogP contribution in [0.5, 0.6) is 0 Å². The molecule has 0 N–H and O–H groups in total. The average Bonchev–Trinajstić information content (AvgIpc) is 2.74. The summed E-state index contributed by atoms with van der Waals surface area (Å²) in [5.74, 6) is 0. The van der Waals surface area contributed by atoms with Gasteiger partial charge in [0.2, 0.25) is 0 Å². The van der Waals surface area contributed by atoms with Gasteiger partial charge in [0.15, 0.2) is 0 Å². The standard InChI is InChI=1S/C11H8N3Se/c1-2-5-9(6-3-1)10-13-14-8-4-7-12-11(14)15-10/h1-8H/q+1. The molecule has 0 saturated heterocycles. The summed E-state index contributed by atoms with van der Waals surface area (Å²) in [6, 6.07) is 12.2. The van der Waals surface area contributed by atoms with E-state index in [2.05, 4.69) is 22.2 Å². The fraction of sp³-hybridized carbons (Fsp3) is 0. The van der Waals surface area contributed by atoms with E-state index >= 15 is 0 Å². The van der Waals surface area contributed by atoms with E-state index in [1.807, 2.05) is 41.2 Å². The van der Waals surface area contributed by atoms with Crippen LogP contribution in [0.4, 0.5) is 0 Å². The van der Waals surface area contributed by atoms with E-state index in [0.29, 0.717) is 0 Å². The second-order valence-electron chi connectivity index (χ2n) is 3.12. The zero-order chi connectivity index (χ0) is 10.1. The number of hydrogen-bond donors (Lipinski definition) is 0. The Morgan fingerprint density at radius 1 is 1.07 bits per heavy atom. The molecule has 2 aromatic heterocycles. The first-order valence-corrected chi connectivity index (χ1v) is 6.34. The van der Waals surface area contributed by atoms with E-state index in [-0.39, 0.29) is 14.5 Å². The molecule has 0 aliphatic rings. The summed E-state index contributed by atoms with van der Waals surface area (Å²) in [6.07, 6.45) is 3.76. The Labute approximate surface area is 92.8 Å². The second kappa shape index (κ2) is 3.57. The summed E-state index contributed by atoms with van der Waals surface area (Å²) in [5, 5.41) is 4.52. The fourth-order valence-electron chi connectivity index (χ4n) is 1.40. The van der Waals surface area contributed by atoms with Crippen LogP contribution in [-0.4, -0.2) is 24.6 Å². The van der Waals surface area contributed by atoms with Gasteiger partial charge in [-0.25, -0.2) is 0 Å². The molecule has 0 bridgehead atoms. The zero-order valence-corrected chi connectivity index (χ0v) is 9.58. The Morgan fingerprint density at radius 3 is 2.73 bits per heavy atom. The van der Waals surface area contributed by atoms with Crippen molar-refractivity contribution in [1.29, 1.82) is 0 Å². The van der Waals surface area contributed by atoms with Crippen molar-refractivity contribution in [2.24, 2.45) is 0 Å². The number of benzene rings is 1. The zero-order valence-electron chi connectivity index (χ0n) is 7.87. The molecule has 15 heavy (non-hydrogen) atoms. The predicted molar refractivity (Wildman–Crippen MR) is 57.6 cm³/mol. The van der Waals surface area contributed by atoms with Crippen LogP contribution in [0.1, 0.15) is 0 Å². The van der Waals surface area contributed by atoms with Gasteiger partial charge in [-0.3, -0.25) is 0 Å². The molecule has 0 spiro atoms. The van der Waals surface area contributed by atoms with Crippen LogP contribution in [-0.2, 0) is 0 Å². The van der Waals surface area contributed by atoms with Crippen LogP contribution < -0.4 is 4.52 Å². The molecule has 0 aliphatic carbocycles. The van der Waals surface area contributed by atoms with Crippen molar-refractivity contribution >= 4 is 19.0 Å². The fourth-order valence-corrected chi connectivity index (χ4v) is 3.21. The molecule has 0 fully saturated rings. The molecule has 0 amide bonds. The summed E-state index contributed by atoms with van der Waals surface area (Å²) in [4.78, 5) is 4.31. The Bertz CT molecular complexity index is 556. The molecule has 0 unspecified atom stereocenters. The first kappa shape index (κ1) is 8.77. The third kappa shape index (κ3) is 1.58. The third-order valence-corrected chi connectivity index (χ3v) is 4.17. The van der Waals surface area contributed by atoms with Crippen LogP contribution in [0.15, 0.2) is 48.8 Å². The molecule has 72 valence electrons. The molecule has 3 rings (SSSR count). The van der Waals surface area contributed by atoms with Gasteiger partial charge in [-0.2, -0.15) is 0 Å². The van der Waals surface area contributed by atoms with Crippen LogP contribution in [0, 0.1) is 0 Å². The van der Waals surface area contributed by atoms with E-state index in [4.69, 9.17) is 0 Å². The molecule has 0 atom stereocenters. The van der Waals surface area contributed by atoms with Gasteiger partial charge in [-0.15, -0.1) is 0 Å². The van der Waals surface area contributed by atoms with Gasteiger partial charge in [0, 0.05) is 0 Å². The van der Waals surface area contributed by atoms with Gasteiger partial charge in [0.05, 0.1) is 0 Å². The Balaban J connectivity index is 2.21. The molecule has 1 aromatic carbocycles. The Kier molecular flexibility index (Phi) is 2.09. The van der Waals surface area contributed by atoms with Gasteiger partial charge in [-0.05, 0) is 0 Å². The van der Waals surface area contributed by atoms with Crippen molar-refractivity contribution in [3.05, 3.63) is 48.8 Å². The molecule has 0 aliphatic heterocycles. The van der Waals surface area contributed by atoms with Gasteiger partial charge >= 0.3 is 92.5 Å².